The number of nitrogens with zero attached hydrogens (tertiary/aromatic N) is 1. The quantitative estimate of drug-likeness (QED) is 0.650. The van der Waals surface area contributed by atoms with Crippen LogP contribution >= 0.6 is 0 Å². The van der Waals surface area contributed by atoms with E-state index >= 15 is 0 Å². The Morgan fingerprint density at radius 2 is 2.11 bits per heavy atom. The lowest BCUT2D eigenvalue weighted by molar-refractivity contribution is -0.385. The summed E-state index contributed by atoms with van der Waals surface area (Å²) in [7, 11) is 0. The van der Waals surface area contributed by atoms with E-state index in [0.717, 1.165) is 18.5 Å². The molecule has 1 N–H and O–H groups in total. The number of nitrogens with one attached hydrogen (secondary N) is 1. The van der Waals surface area contributed by atoms with Gasteiger partial charge < -0.3 is 10.1 Å². The third-order valence-corrected chi connectivity index (χ3v) is 3.61. The highest BCUT2D eigenvalue weighted by atomic mass is 16.6. The molecule has 0 spiro atoms. The average Bonchev–Trinajstić information content (AvgIpc) is 2.76. The molecule has 0 amide bonds. The van der Waals surface area contributed by atoms with Crippen LogP contribution in [0.1, 0.15) is 39.5 Å². The molecular formula is C14H20N2O3. The first-order valence-corrected chi connectivity index (χ1v) is 6.73. The molecule has 0 aromatic heterocycles. The highest BCUT2D eigenvalue weighted by Crippen LogP contribution is 2.35. The number of ether oxygens (including phenoxy) is 1. The van der Waals surface area contributed by atoms with Crippen molar-refractivity contribution in [1.29, 1.82) is 0 Å². The zero-order chi connectivity index (χ0) is 13.9. The first-order chi connectivity index (χ1) is 9.04. The topological polar surface area (TPSA) is 64.4 Å². The Kier molecular flexibility index (Phi) is 3.93. The molecule has 0 bridgehead atoms. The number of hydrogen-bond donors (Lipinski definition) is 1. The molecule has 104 valence electrons. The summed E-state index contributed by atoms with van der Waals surface area (Å²) in [4.78, 5) is 10.5. The molecule has 1 aromatic rings. The van der Waals surface area contributed by atoms with E-state index in [1.165, 1.54) is 18.9 Å². The van der Waals surface area contributed by atoms with Crippen LogP contribution in [0.5, 0.6) is 5.75 Å². The summed E-state index contributed by atoms with van der Waals surface area (Å²) in [6.45, 7) is 4.44. The molecule has 1 aliphatic rings. The van der Waals surface area contributed by atoms with Crippen LogP contribution in [0.3, 0.4) is 0 Å². The van der Waals surface area contributed by atoms with Crippen molar-refractivity contribution in [3.05, 3.63) is 28.3 Å². The van der Waals surface area contributed by atoms with Crippen LogP contribution in [-0.2, 0) is 0 Å². The summed E-state index contributed by atoms with van der Waals surface area (Å²) in [5.41, 5.74) is 1.00. The molecule has 2 rings (SSSR count). The summed E-state index contributed by atoms with van der Waals surface area (Å²) in [6.07, 6.45) is 4.73. The van der Waals surface area contributed by atoms with E-state index in [4.69, 9.17) is 4.74 Å². The molecular weight excluding hydrogens is 244 g/mol. The summed E-state index contributed by atoms with van der Waals surface area (Å²) < 4.78 is 5.35. The minimum atomic E-state index is -0.411. The third-order valence-electron chi connectivity index (χ3n) is 3.61. The number of nitro benzene ring substituents is 1. The Hall–Kier alpha value is -1.78. The molecule has 5 heteroatoms. The Morgan fingerprint density at radius 1 is 1.42 bits per heavy atom. The number of anilines is 1. The summed E-state index contributed by atoms with van der Waals surface area (Å²) in [5.74, 6) is 0.332. The lowest BCUT2D eigenvalue weighted by Crippen LogP contribution is -2.30. The molecule has 5 nitrogen and oxygen atoms in total. The van der Waals surface area contributed by atoms with Crippen LogP contribution in [-0.4, -0.2) is 17.1 Å². The van der Waals surface area contributed by atoms with Gasteiger partial charge in [-0.3, -0.25) is 10.1 Å². The number of hydrogen-bond acceptors (Lipinski definition) is 4. The van der Waals surface area contributed by atoms with E-state index in [1.54, 1.807) is 12.1 Å². The second-order valence-electron chi connectivity index (χ2n) is 5.27. The van der Waals surface area contributed by atoms with E-state index in [0.29, 0.717) is 12.4 Å². The first kappa shape index (κ1) is 13.6. The molecule has 1 aliphatic carbocycles. The smallest absolute Gasteiger partial charge is 0.311 e. The molecule has 19 heavy (non-hydrogen) atoms. The molecule has 0 radical (unpaired) electrons. The van der Waals surface area contributed by atoms with Crippen LogP contribution in [0.2, 0.25) is 0 Å². The van der Waals surface area contributed by atoms with Gasteiger partial charge in [-0.05, 0) is 32.8 Å². The lowest BCUT2D eigenvalue weighted by atomic mass is 10.0. The monoisotopic (exact) mass is 264 g/mol. The van der Waals surface area contributed by atoms with Gasteiger partial charge in [-0.1, -0.05) is 12.8 Å². The van der Waals surface area contributed by atoms with Gasteiger partial charge in [0.1, 0.15) is 0 Å². The SMILES string of the molecule is CCOc1cc(NC2(C)CCCC2)ccc1[N+](=O)[O-]. The predicted octanol–water partition coefficient (Wildman–Crippen LogP) is 3.74. The molecule has 1 aromatic carbocycles. The van der Waals surface area contributed by atoms with Gasteiger partial charge in [-0.25, -0.2) is 0 Å². The molecule has 0 atom stereocenters. The number of benzene rings is 1. The van der Waals surface area contributed by atoms with Gasteiger partial charge in [0.15, 0.2) is 5.75 Å². The van der Waals surface area contributed by atoms with Crippen molar-refractivity contribution in [2.45, 2.75) is 45.1 Å². The van der Waals surface area contributed by atoms with Crippen molar-refractivity contribution in [3.8, 4) is 5.75 Å². The predicted molar refractivity (Wildman–Crippen MR) is 74.8 cm³/mol. The summed E-state index contributed by atoms with van der Waals surface area (Å²) in [5, 5.41) is 14.4. The maximum Gasteiger partial charge on any atom is 0.311 e. The average molecular weight is 264 g/mol. The molecule has 1 saturated carbocycles. The van der Waals surface area contributed by atoms with Gasteiger partial charge in [-0.2, -0.15) is 0 Å². The van der Waals surface area contributed by atoms with Gasteiger partial charge in [-0.15, -0.1) is 0 Å². The summed E-state index contributed by atoms with van der Waals surface area (Å²) in [6, 6.07) is 4.99. The molecule has 0 aliphatic heterocycles. The second kappa shape index (κ2) is 5.47. The standard InChI is InChI=1S/C14H20N2O3/c1-3-19-13-10-11(6-7-12(13)16(17)18)15-14(2)8-4-5-9-14/h6-7,10,15H,3-5,8-9H2,1-2H3. The van der Waals surface area contributed by atoms with Crippen LogP contribution < -0.4 is 10.1 Å². The van der Waals surface area contributed by atoms with Gasteiger partial charge in [0.05, 0.1) is 11.5 Å². The zero-order valence-corrected chi connectivity index (χ0v) is 11.4. The van der Waals surface area contributed by atoms with E-state index in [9.17, 15) is 10.1 Å². The minimum absolute atomic E-state index is 0.0176. The number of nitro groups is 1. The first-order valence-electron chi connectivity index (χ1n) is 6.73. The highest BCUT2D eigenvalue weighted by Gasteiger charge is 2.28. The van der Waals surface area contributed by atoms with E-state index < -0.39 is 4.92 Å². The lowest BCUT2D eigenvalue weighted by Gasteiger charge is -2.26. The fourth-order valence-corrected chi connectivity index (χ4v) is 2.64. The van der Waals surface area contributed by atoms with Gasteiger partial charge >= 0.3 is 5.69 Å². The van der Waals surface area contributed by atoms with Crippen molar-refractivity contribution in [3.63, 3.8) is 0 Å². The van der Waals surface area contributed by atoms with E-state index in [-0.39, 0.29) is 11.2 Å². The van der Waals surface area contributed by atoms with Crippen molar-refractivity contribution in [1.82, 2.24) is 0 Å². The Labute approximate surface area is 113 Å². The number of rotatable bonds is 5. The zero-order valence-electron chi connectivity index (χ0n) is 11.4. The van der Waals surface area contributed by atoms with Crippen LogP contribution in [0.4, 0.5) is 11.4 Å². The maximum absolute atomic E-state index is 10.9. The van der Waals surface area contributed by atoms with Crippen LogP contribution in [0.15, 0.2) is 18.2 Å². The van der Waals surface area contributed by atoms with Gasteiger partial charge in [0.2, 0.25) is 0 Å². The fourth-order valence-electron chi connectivity index (χ4n) is 2.64. The third kappa shape index (κ3) is 3.16. The van der Waals surface area contributed by atoms with Crippen molar-refractivity contribution in [2.24, 2.45) is 0 Å². The van der Waals surface area contributed by atoms with E-state index in [2.05, 4.69) is 12.2 Å². The van der Waals surface area contributed by atoms with Crippen molar-refractivity contribution < 1.29 is 9.66 Å². The Balaban J connectivity index is 2.22. The second-order valence-corrected chi connectivity index (χ2v) is 5.27. The highest BCUT2D eigenvalue weighted by molar-refractivity contribution is 5.59. The van der Waals surface area contributed by atoms with Crippen LogP contribution in [0, 0.1) is 10.1 Å². The van der Waals surface area contributed by atoms with Crippen molar-refractivity contribution >= 4 is 11.4 Å². The summed E-state index contributed by atoms with van der Waals surface area (Å²) >= 11 is 0. The molecule has 0 saturated heterocycles. The fraction of sp³-hybridized carbons (Fsp3) is 0.571. The normalized spacial score (nSPS) is 17.2. The molecule has 0 heterocycles. The molecule has 1 fully saturated rings. The molecule has 0 unspecified atom stereocenters. The van der Waals surface area contributed by atoms with Gasteiger partial charge in [0, 0.05) is 23.4 Å². The van der Waals surface area contributed by atoms with Crippen molar-refractivity contribution in [2.75, 3.05) is 11.9 Å². The van der Waals surface area contributed by atoms with Crippen LogP contribution in [0.25, 0.3) is 0 Å². The maximum atomic E-state index is 10.9. The van der Waals surface area contributed by atoms with E-state index in [1.807, 2.05) is 6.92 Å². The largest absolute Gasteiger partial charge is 0.487 e. The van der Waals surface area contributed by atoms with Gasteiger partial charge in [0.25, 0.3) is 0 Å². The minimum Gasteiger partial charge on any atom is -0.487 e. The Bertz CT molecular complexity index is 468. The Morgan fingerprint density at radius 3 is 2.68 bits per heavy atom.